The summed E-state index contributed by atoms with van der Waals surface area (Å²) in [5.74, 6) is -0.993. The number of rotatable bonds is 5. The second-order valence-corrected chi connectivity index (χ2v) is 8.18. The number of carbonyl (C=O) groups excluding carboxylic acids is 1. The van der Waals surface area contributed by atoms with E-state index in [1.165, 1.54) is 40.7 Å². The van der Waals surface area contributed by atoms with Crippen molar-refractivity contribution in [2.75, 3.05) is 13.1 Å². The van der Waals surface area contributed by atoms with Crippen LogP contribution in [0.15, 0.2) is 53.4 Å². The summed E-state index contributed by atoms with van der Waals surface area (Å²) in [6, 6.07) is 11.5. The number of carbonyl (C=O) groups is 1. The molecular formula is C19H20FNO4S. The molecule has 0 aliphatic carbocycles. The summed E-state index contributed by atoms with van der Waals surface area (Å²) in [5.41, 5.74) is 0.819. The largest absolute Gasteiger partial charge is 0.454 e. The molecule has 1 aliphatic rings. The van der Waals surface area contributed by atoms with Gasteiger partial charge in [-0.15, -0.1) is 0 Å². The Bertz CT molecular complexity index is 890. The molecule has 2 aromatic carbocycles. The molecule has 138 valence electrons. The number of nitrogens with zero attached hydrogens (tertiary/aromatic N) is 1. The van der Waals surface area contributed by atoms with Gasteiger partial charge in [0, 0.05) is 13.1 Å². The first kappa shape index (κ1) is 18.5. The van der Waals surface area contributed by atoms with E-state index in [1.807, 2.05) is 0 Å². The van der Waals surface area contributed by atoms with Gasteiger partial charge >= 0.3 is 5.97 Å². The highest BCUT2D eigenvalue weighted by molar-refractivity contribution is 7.89. The molecule has 0 N–H and O–H groups in total. The van der Waals surface area contributed by atoms with E-state index < -0.39 is 22.1 Å². The van der Waals surface area contributed by atoms with Crippen LogP contribution in [-0.4, -0.2) is 31.8 Å². The van der Waals surface area contributed by atoms with Gasteiger partial charge < -0.3 is 4.74 Å². The Kier molecular flexibility index (Phi) is 5.38. The number of hydrogen-bond acceptors (Lipinski definition) is 4. The Morgan fingerprint density at radius 1 is 1.12 bits per heavy atom. The van der Waals surface area contributed by atoms with Crippen LogP contribution in [0.4, 0.5) is 4.39 Å². The molecular weight excluding hydrogens is 357 g/mol. The van der Waals surface area contributed by atoms with E-state index in [0.29, 0.717) is 18.7 Å². The molecule has 0 saturated carbocycles. The molecule has 2 aromatic rings. The first-order chi connectivity index (χ1) is 12.4. The van der Waals surface area contributed by atoms with Crippen LogP contribution >= 0.6 is 0 Å². The molecule has 26 heavy (non-hydrogen) atoms. The Hall–Kier alpha value is -2.25. The van der Waals surface area contributed by atoms with Crippen molar-refractivity contribution in [1.82, 2.24) is 4.31 Å². The molecule has 5 nitrogen and oxygen atoms in total. The molecule has 0 unspecified atom stereocenters. The van der Waals surface area contributed by atoms with E-state index in [4.69, 9.17) is 4.74 Å². The van der Waals surface area contributed by atoms with Crippen molar-refractivity contribution < 1.29 is 22.3 Å². The zero-order valence-electron chi connectivity index (χ0n) is 14.4. The van der Waals surface area contributed by atoms with Gasteiger partial charge in [-0.2, -0.15) is 4.31 Å². The predicted molar refractivity (Wildman–Crippen MR) is 94.7 cm³/mol. The highest BCUT2D eigenvalue weighted by Gasteiger charge is 2.28. The van der Waals surface area contributed by atoms with Crippen LogP contribution in [0.3, 0.4) is 0 Å². The fraction of sp³-hybridized carbons (Fsp3) is 0.316. The number of benzene rings is 2. The lowest BCUT2D eigenvalue weighted by atomic mass is 10.1. The summed E-state index contributed by atoms with van der Waals surface area (Å²) in [6.07, 6.45) is 1.11. The minimum atomic E-state index is -3.60. The normalized spacial score (nSPS) is 16.4. The van der Waals surface area contributed by atoms with Crippen LogP contribution < -0.4 is 0 Å². The predicted octanol–water partition coefficient (Wildman–Crippen LogP) is 3.53. The highest BCUT2D eigenvalue weighted by Crippen LogP contribution is 2.23. The Morgan fingerprint density at radius 3 is 2.42 bits per heavy atom. The first-order valence-corrected chi connectivity index (χ1v) is 9.88. The SMILES string of the molecule is C[C@H](OC(=O)c1cccc(S(=O)(=O)N2CCCC2)c1)c1ccc(F)cc1. The Morgan fingerprint density at radius 2 is 1.77 bits per heavy atom. The van der Waals surface area contributed by atoms with Crippen molar-refractivity contribution in [1.29, 1.82) is 0 Å². The third-order valence-electron chi connectivity index (χ3n) is 4.40. The van der Waals surface area contributed by atoms with E-state index in [1.54, 1.807) is 19.1 Å². The number of ether oxygens (including phenoxy) is 1. The van der Waals surface area contributed by atoms with E-state index in [9.17, 15) is 17.6 Å². The number of esters is 1. The van der Waals surface area contributed by atoms with Crippen molar-refractivity contribution in [3.8, 4) is 0 Å². The minimum Gasteiger partial charge on any atom is -0.454 e. The fourth-order valence-electron chi connectivity index (χ4n) is 2.89. The smallest absolute Gasteiger partial charge is 0.338 e. The molecule has 0 radical (unpaired) electrons. The maximum Gasteiger partial charge on any atom is 0.338 e. The standard InChI is InChI=1S/C19H20FNO4S/c1-14(15-7-9-17(20)10-8-15)25-19(22)16-5-4-6-18(13-16)26(23,24)21-11-2-3-12-21/h4-10,13-14H,2-3,11-12H2,1H3/t14-/m0/s1. The van der Waals surface area contributed by atoms with E-state index in [2.05, 4.69) is 0 Å². The third-order valence-corrected chi connectivity index (χ3v) is 6.29. The average Bonchev–Trinajstić information content (AvgIpc) is 3.18. The summed E-state index contributed by atoms with van der Waals surface area (Å²) in [6.45, 7) is 2.67. The van der Waals surface area contributed by atoms with Crippen LogP contribution in [0.25, 0.3) is 0 Å². The molecule has 0 amide bonds. The molecule has 1 heterocycles. The van der Waals surface area contributed by atoms with Crippen LogP contribution in [0.5, 0.6) is 0 Å². The zero-order valence-corrected chi connectivity index (χ0v) is 15.2. The second kappa shape index (κ2) is 7.55. The van der Waals surface area contributed by atoms with Gasteiger partial charge in [0.25, 0.3) is 0 Å². The summed E-state index contributed by atoms with van der Waals surface area (Å²) >= 11 is 0. The maximum absolute atomic E-state index is 13.0. The molecule has 1 saturated heterocycles. The van der Waals surface area contributed by atoms with E-state index in [-0.39, 0.29) is 16.3 Å². The topological polar surface area (TPSA) is 63.7 Å². The molecule has 0 aromatic heterocycles. The quantitative estimate of drug-likeness (QED) is 0.748. The van der Waals surface area contributed by atoms with Gasteiger partial charge in [-0.25, -0.2) is 17.6 Å². The lowest BCUT2D eigenvalue weighted by Gasteiger charge is -2.17. The highest BCUT2D eigenvalue weighted by atomic mass is 32.2. The molecule has 1 atom stereocenters. The van der Waals surface area contributed by atoms with Crippen molar-refractivity contribution in [3.63, 3.8) is 0 Å². The Balaban J connectivity index is 1.77. The van der Waals surface area contributed by atoms with Gasteiger partial charge in [-0.3, -0.25) is 0 Å². The van der Waals surface area contributed by atoms with Crippen LogP contribution in [0.2, 0.25) is 0 Å². The number of hydrogen-bond donors (Lipinski definition) is 0. The van der Waals surface area contributed by atoms with Gasteiger partial charge in [0.2, 0.25) is 10.0 Å². The molecule has 1 aliphatic heterocycles. The van der Waals surface area contributed by atoms with Gasteiger partial charge in [0.1, 0.15) is 11.9 Å². The van der Waals surface area contributed by atoms with E-state index >= 15 is 0 Å². The van der Waals surface area contributed by atoms with Crippen molar-refractivity contribution in [2.24, 2.45) is 0 Å². The maximum atomic E-state index is 13.0. The summed E-state index contributed by atoms with van der Waals surface area (Å²) in [7, 11) is -3.60. The van der Waals surface area contributed by atoms with Crippen molar-refractivity contribution in [2.45, 2.75) is 30.8 Å². The van der Waals surface area contributed by atoms with Crippen molar-refractivity contribution >= 4 is 16.0 Å². The number of sulfonamides is 1. The number of halogens is 1. The lowest BCUT2D eigenvalue weighted by molar-refractivity contribution is 0.0337. The van der Waals surface area contributed by atoms with Gasteiger partial charge in [0.15, 0.2) is 0 Å². The van der Waals surface area contributed by atoms with Crippen molar-refractivity contribution in [3.05, 3.63) is 65.5 Å². The molecule has 0 bridgehead atoms. The van der Waals surface area contributed by atoms with Gasteiger partial charge in [-0.05, 0) is 55.7 Å². The van der Waals surface area contributed by atoms with Gasteiger partial charge in [-0.1, -0.05) is 18.2 Å². The van der Waals surface area contributed by atoms with Crippen LogP contribution in [0, 0.1) is 5.82 Å². The molecule has 0 spiro atoms. The second-order valence-electron chi connectivity index (χ2n) is 6.24. The minimum absolute atomic E-state index is 0.0864. The third kappa shape index (κ3) is 3.94. The average molecular weight is 377 g/mol. The molecule has 1 fully saturated rings. The summed E-state index contributed by atoms with van der Waals surface area (Å²) < 4.78 is 45.1. The van der Waals surface area contributed by atoms with Crippen LogP contribution in [0.1, 0.15) is 41.8 Å². The monoisotopic (exact) mass is 377 g/mol. The van der Waals surface area contributed by atoms with Crippen LogP contribution in [-0.2, 0) is 14.8 Å². The fourth-order valence-corrected chi connectivity index (χ4v) is 4.45. The summed E-state index contributed by atoms with van der Waals surface area (Å²) in [4.78, 5) is 12.5. The summed E-state index contributed by atoms with van der Waals surface area (Å²) in [5, 5.41) is 0. The first-order valence-electron chi connectivity index (χ1n) is 8.44. The molecule has 3 rings (SSSR count). The molecule has 7 heteroatoms. The zero-order chi connectivity index (χ0) is 18.7. The Labute approximate surface area is 152 Å². The van der Waals surface area contributed by atoms with E-state index in [0.717, 1.165) is 12.8 Å². The lowest BCUT2D eigenvalue weighted by Crippen LogP contribution is -2.28. The van der Waals surface area contributed by atoms with Gasteiger partial charge in [0.05, 0.1) is 10.5 Å².